The second kappa shape index (κ2) is 10.2. The lowest BCUT2D eigenvalue weighted by atomic mass is 9.99. The average molecular weight is 514 g/mol. The Morgan fingerprint density at radius 3 is 2.68 bits per heavy atom. The fraction of sp³-hybridized carbons (Fsp3) is 0.240. The van der Waals surface area contributed by atoms with Crippen molar-refractivity contribution in [2.45, 2.75) is 31.8 Å². The fourth-order valence-corrected chi connectivity index (χ4v) is 5.33. The van der Waals surface area contributed by atoms with E-state index in [4.69, 9.17) is 16.3 Å². The molecule has 2 aromatic carbocycles. The molecule has 2 N–H and O–H groups in total. The number of anilines is 1. The SMILES string of the molecule is COc1cc(Cl)c(C)cc1NC(=O)CSc1nc2scc(-c3ccc(C(C)C)cc3)c2c(=O)[nH]1. The zero-order valence-electron chi connectivity index (χ0n) is 19.2. The molecule has 0 radical (unpaired) electrons. The Hall–Kier alpha value is -2.81. The van der Waals surface area contributed by atoms with Crippen molar-refractivity contribution in [3.05, 3.63) is 68.3 Å². The molecule has 0 unspecified atom stereocenters. The third-order valence-corrected chi connectivity index (χ3v) is 7.56. The number of hydrogen-bond acceptors (Lipinski definition) is 6. The van der Waals surface area contributed by atoms with Gasteiger partial charge in [0.25, 0.3) is 5.56 Å². The summed E-state index contributed by atoms with van der Waals surface area (Å²) in [6.07, 6.45) is 0. The van der Waals surface area contributed by atoms with Crippen LogP contribution in [-0.4, -0.2) is 28.7 Å². The van der Waals surface area contributed by atoms with Gasteiger partial charge in [0.15, 0.2) is 5.16 Å². The number of ether oxygens (including phenoxy) is 1. The molecule has 0 aliphatic rings. The van der Waals surface area contributed by atoms with E-state index in [2.05, 4.69) is 41.3 Å². The van der Waals surface area contributed by atoms with Crippen molar-refractivity contribution in [1.82, 2.24) is 9.97 Å². The molecular weight excluding hydrogens is 490 g/mol. The van der Waals surface area contributed by atoms with Crippen LogP contribution in [0.25, 0.3) is 21.3 Å². The summed E-state index contributed by atoms with van der Waals surface area (Å²) in [5.74, 6) is 0.757. The van der Waals surface area contributed by atoms with Crippen LogP contribution in [-0.2, 0) is 4.79 Å². The van der Waals surface area contributed by atoms with E-state index in [0.29, 0.717) is 37.8 Å². The molecule has 9 heteroatoms. The van der Waals surface area contributed by atoms with Crippen molar-refractivity contribution in [1.29, 1.82) is 0 Å². The topological polar surface area (TPSA) is 84.1 Å². The minimum Gasteiger partial charge on any atom is -0.495 e. The standard InChI is InChI=1S/C25H24ClN3O3S2/c1-13(2)15-5-7-16(8-6-15)17-11-33-24-22(17)23(31)28-25(29-24)34-12-21(30)27-19-9-14(3)18(26)10-20(19)32-4/h5-11,13H,12H2,1-4H3,(H,27,30)(H,28,29,31). The van der Waals surface area contributed by atoms with Crippen molar-refractivity contribution in [3.63, 3.8) is 0 Å². The van der Waals surface area contributed by atoms with Crippen LogP contribution in [0.15, 0.2) is 51.7 Å². The van der Waals surface area contributed by atoms with Gasteiger partial charge in [-0.05, 0) is 35.6 Å². The molecule has 0 spiro atoms. The van der Waals surface area contributed by atoms with Crippen LogP contribution in [0.5, 0.6) is 5.75 Å². The van der Waals surface area contributed by atoms with Crippen molar-refractivity contribution < 1.29 is 9.53 Å². The quantitative estimate of drug-likeness (QED) is 0.218. The summed E-state index contributed by atoms with van der Waals surface area (Å²) < 4.78 is 5.30. The Morgan fingerprint density at radius 1 is 1.26 bits per heavy atom. The number of aromatic amines is 1. The number of nitrogens with zero attached hydrogens (tertiary/aromatic N) is 1. The number of methoxy groups -OCH3 is 1. The summed E-state index contributed by atoms with van der Waals surface area (Å²) >= 11 is 8.71. The molecule has 1 amide bonds. The Bertz CT molecular complexity index is 1410. The maximum absolute atomic E-state index is 12.9. The first kappa shape index (κ1) is 24.3. The number of fused-ring (bicyclic) bond motifs is 1. The van der Waals surface area contributed by atoms with Crippen LogP contribution in [0.1, 0.15) is 30.9 Å². The number of aromatic nitrogens is 2. The van der Waals surface area contributed by atoms with Crippen molar-refractivity contribution in [2.75, 3.05) is 18.2 Å². The van der Waals surface area contributed by atoms with Gasteiger partial charge >= 0.3 is 0 Å². The molecule has 0 aliphatic heterocycles. The number of thiophene rings is 1. The number of amides is 1. The second-order valence-corrected chi connectivity index (χ2v) is 10.3. The van der Waals surface area contributed by atoms with E-state index in [1.807, 2.05) is 24.4 Å². The molecule has 0 saturated carbocycles. The number of nitrogens with one attached hydrogen (secondary N) is 2. The molecule has 0 bridgehead atoms. The van der Waals surface area contributed by atoms with E-state index in [0.717, 1.165) is 16.7 Å². The monoisotopic (exact) mass is 513 g/mol. The maximum Gasteiger partial charge on any atom is 0.260 e. The summed E-state index contributed by atoms with van der Waals surface area (Å²) in [6, 6.07) is 11.7. The smallest absolute Gasteiger partial charge is 0.260 e. The summed E-state index contributed by atoms with van der Waals surface area (Å²) in [6.45, 7) is 6.15. The summed E-state index contributed by atoms with van der Waals surface area (Å²) in [5.41, 5.74) is 4.25. The first-order valence-electron chi connectivity index (χ1n) is 10.7. The molecule has 4 aromatic rings. The van der Waals surface area contributed by atoms with Crippen LogP contribution in [0.3, 0.4) is 0 Å². The van der Waals surface area contributed by atoms with Gasteiger partial charge < -0.3 is 15.0 Å². The molecule has 0 atom stereocenters. The number of rotatable bonds is 7. The Morgan fingerprint density at radius 2 is 2.00 bits per heavy atom. The lowest BCUT2D eigenvalue weighted by molar-refractivity contribution is -0.113. The zero-order chi connectivity index (χ0) is 24.4. The molecule has 2 aromatic heterocycles. The summed E-state index contributed by atoms with van der Waals surface area (Å²) in [7, 11) is 1.52. The van der Waals surface area contributed by atoms with E-state index < -0.39 is 0 Å². The second-order valence-electron chi connectivity index (χ2n) is 8.12. The van der Waals surface area contributed by atoms with E-state index >= 15 is 0 Å². The van der Waals surface area contributed by atoms with Gasteiger partial charge in [-0.1, -0.05) is 61.5 Å². The van der Waals surface area contributed by atoms with Gasteiger partial charge in [-0.25, -0.2) is 4.98 Å². The van der Waals surface area contributed by atoms with Crippen LogP contribution in [0.4, 0.5) is 5.69 Å². The molecule has 0 fully saturated rings. The zero-order valence-corrected chi connectivity index (χ0v) is 21.6. The van der Waals surface area contributed by atoms with E-state index in [1.54, 1.807) is 12.1 Å². The predicted octanol–water partition coefficient (Wildman–Crippen LogP) is 6.48. The maximum atomic E-state index is 12.9. The Kier molecular flexibility index (Phi) is 7.30. The van der Waals surface area contributed by atoms with Gasteiger partial charge in [-0.3, -0.25) is 9.59 Å². The van der Waals surface area contributed by atoms with Crippen molar-refractivity contribution in [2.24, 2.45) is 0 Å². The normalized spacial score (nSPS) is 11.2. The molecule has 0 aliphatic carbocycles. The highest BCUT2D eigenvalue weighted by atomic mass is 35.5. The van der Waals surface area contributed by atoms with Crippen molar-refractivity contribution >= 4 is 56.5 Å². The van der Waals surface area contributed by atoms with Gasteiger partial charge in [-0.15, -0.1) is 11.3 Å². The number of halogens is 1. The van der Waals surface area contributed by atoms with E-state index in [-0.39, 0.29) is 17.2 Å². The Labute approximate surface area is 210 Å². The Balaban J connectivity index is 1.50. The predicted molar refractivity (Wildman–Crippen MR) is 142 cm³/mol. The number of thioether (sulfide) groups is 1. The first-order chi connectivity index (χ1) is 16.3. The highest BCUT2D eigenvalue weighted by Gasteiger charge is 2.15. The number of benzene rings is 2. The molecule has 2 heterocycles. The van der Waals surface area contributed by atoms with Crippen LogP contribution >= 0.6 is 34.7 Å². The summed E-state index contributed by atoms with van der Waals surface area (Å²) in [5, 5.41) is 6.31. The van der Waals surface area contributed by atoms with E-state index in [1.165, 1.54) is 35.8 Å². The number of aryl methyl sites for hydroxylation is 1. The number of carbonyl (C=O) groups excluding carboxylic acids is 1. The van der Waals surface area contributed by atoms with Crippen molar-refractivity contribution in [3.8, 4) is 16.9 Å². The molecule has 34 heavy (non-hydrogen) atoms. The first-order valence-corrected chi connectivity index (χ1v) is 12.9. The molecule has 0 saturated heterocycles. The number of hydrogen-bond donors (Lipinski definition) is 2. The minimum atomic E-state index is -0.245. The lowest BCUT2D eigenvalue weighted by Crippen LogP contribution is -2.16. The molecular formula is C25H24ClN3O3S2. The van der Waals surface area contributed by atoms with E-state index in [9.17, 15) is 9.59 Å². The highest BCUT2D eigenvalue weighted by Crippen LogP contribution is 2.33. The fourth-order valence-electron chi connectivity index (χ4n) is 3.51. The van der Waals surface area contributed by atoms with Gasteiger partial charge in [0.05, 0.1) is 23.9 Å². The molecule has 176 valence electrons. The number of carbonyl (C=O) groups is 1. The van der Waals surface area contributed by atoms with Gasteiger partial charge in [0, 0.05) is 22.0 Å². The third-order valence-electron chi connectivity index (χ3n) is 5.41. The molecule has 4 rings (SSSR count). The average Bonchev–Trinajstić information content (AvgIpc) is 3.24. The minimum absolute atomic E-state index is 0.0776. The largest absolute Gasteiger partial charge is 0.495 e. The number of H-pyrrole nitrogens is 1. The highest BCUT2D eigenvalue weighted by molar-refractivity contribution is 7.99. The van der Waals surface area contributed by atoms with Crippen LogP contribution in [0.2, 0.25) is 5.02 Å². The van der Waals surface area contributed by atoms with Crippen LogP contribution in [0, 0.1) is 6.92 Å². The molecule has 6 nitrogen and oxygen atoms in total. The van der Waals surface area contributed by atoms with Gasteiger partial charge in [0.1, 0.15) is 10.6 Å². The lowest BCUT2D eigenvalue weighted by Gasteiger charge is -2.12. The van der Waals surface area contributed by atoms with Gasteiger partial charge in [-0.2, -0.15) is 0 Å². The summed E-state index contributed by atoms with van der Waals surface area (Å²) in [4.78, 5) is 33.4. The third kappa shape index (κ3) is 5.14. The van der Waals surface area contributed by atoms with Crippen LogP contribution < -0.4 is 15.6 Å². The van der Waals surface area contributed by atoms with Gasteiger partial charge in [0.2, 0.25) is 5.91 Å².